The van der Waals surface area contributed by atoms with Crippen LogP contribution in [0.5, 0.6) is 11.5 Å². The Morgan fingerprint density at radius 2 is 1.97 bits per heavy atom. The Hall–Kier alpha value is -3.26. The summed E-state index contributed by atoms with van der Waals surface area (Å²) in [5, 5.41) is 10.6. The summed E-state index contributed by atoms with van der Waals surface area (Å²) < 4.78 is 16.5. The van der Waals surface area contributed by atoms with E-state index < -0.39 is 0 Å². The van der Waals surface area contributed by atoms with Crippen molar-refractivity contribution in [2.75, 3.05) is 32.8 Å². The van der Waals surface area contributed by atoms with Crippen LogP contribution in [0, 0.1) is 13.8 Å². The minimum atomic E-state index is -0.307. The van der Waals surface area contributed by atoms with Gasteiger partial charge < -0.3 is 23.9 Å². The smallest absolute Gasteiger partial charge is 0.409 e. The number of rotatable bonds is 4. The number of nitrogens with zero attached hydrogens (tertiary/aromatic N) is 2. The van der Waals surface area contributed by atoms with Crippen LogP contribution in [0.3, 0.4) is 0 Å². The number of phenolic OH excluding ortho intramolecular Hbond substituents is 1. The molecule has 1 N–H and O–H groups in total. The Kier molecular flexibility index (Phi) is 5.73. The number of piperazine rings is 1. The molecule has 0 atom stereocenters. The summed E-state index contributed by atoms with van der Waals surface area (Å²) in [7, 11) is 0. The lowest BCUT2D eigenvalue weighted by atomic mass is 9.99. The molecule has 2 aliphatic heterocycles. The van der Waals surface area contributed by atoms with E-state index in [1.54, 1.807) is 37.0 Å². The molecule has 1 saturated heterocycles. The molecule has 1 aromatic carbocycles. The molecule has 0 unspecified atom stereocenters. The predicted molar refractivity (Wildman–Crippen MR) is 113 cm³/mol. The van der Waals surface area contributed by atoms with Gasteiger partial charge in [0.2, 0.25) is 5.78 Å². The lowest BCUT2D eigenvalue weighted by Gasteiger charge is -2.34. The van der Waals surface area contributed by atoms with Gasteiger partial charge >= 0.3 is 6.09 Å². The number of furan rings is 1. The number of ether oxygens (including phenoxy) is 2. The second-order valence-electron chi connectivity index (χ2n) is 7.75. The number of Topliss-reactive ketones (excluding diaryl/α,β-unsaturated/α-hetero) is 1. The molecule has 1 amide bonds. The fraction of sp³-hybridized carbons (Fsp3) is 0.391. The number of fused-ring (bicyclic) bond motifs is 1. The van der Waals surface area contributed by atoms with E-state index in [1.165, 1.54) is 0 Å². The molecular formula is C23H26N2O6. The highest BCUT2D eigenvalue weighted by Crippen LogP contribution is 2.42. The van der Waals surface area contributed by atoms with Crippen LogP contribution >= 0.6 is 0 Å². The van der Waals surface area contributed by atoms with Gasteiger partial charge in [0.1, 0.15) is 23.0 Å². The molecule has 2 aliphatic rings. The first-order valence-electron chi connectivity index (χ1n) is 10.4. The van der Waals surface area contributed by atoms with E-state index in [-0.39, 0.29) is 23.4 Å². The number of hydrogen-bond donors (Lipinski definition) is 1. The molecule has 0 bridgehead atoms. The van der Waals surface area contributed by atoms with Gasteiger partial charge in [0.25, 0.3) is 0 Å². The van der Waals surface area contributed by atoms with Crippen molar-refractivity contribution in [2.24, 2.45) is 0 Å². The quantitative estimate of drug-likeness (QED) is 0.748. The van der Waals surface area contributed by atoms with Crippen molar-refractivity contribution in [3.05, 3.63) is 52.2 Å². The molecule has 0 spiro atoms. The number of phenols is 1. The van der Waals surface area contributed by atoms with E-state index in [9.17, 15) is 14.7 Å². The molecule has 164 valence electrons. The first-order chi connectivity index (χ1) is 14.9. The maximum atomic E-state index is 13.0. The van der Waals surface area contributed by atoms with Crippen LogP contribution in [-0.4, -0.2) is 59.6 Å². The molecule has 8 heteroatoms. The first-order valence-corrected chi connectivity index (χ1v) is 10.4. The minimum absolute atomic E-state index is 0.0898. The van der Waals surface area contributed by atoms with Crippen LogP contribution < -0.4 is 4.74 Å². The average molecular weight is 426 g/mol. The maximum Gasteiger partial charge on any atom is 0.409 e. The van der Waals surface area contributed by atoms with Crippen molar-refractivity contribution >= 4 is 18.0 Å². The number of ketones is 1. The Labute approximate surface area is 180 Å². The van der Waals surface area contributed by atoms with Gasteiger partial charge in [-0.15, -0.1) is 0 Å². The van der Waals surface area contributed by atoms with Gasteiger partial charge in [0.15, 0.2) is 5.76 Å². The van der Waals surface area contributed by atoms with Crippen molar-refractivity contribution in [1.29, 1.82) is 0 Å². The second kappa shape index (κ2) is 8.47. The predicted octanol–water partition coefficient (Wildman–Crippen LogP) is 3.49. The number of carbonyl (C=O) groups excluding carboxylic acids is 2. The molecule has 31 heavy (non-hydrogen) atoms. The summed E-state index contributed by atoms with van der Waals surface area (Å²) in [5.41, 5.74) is 1.69. The maximum absolute atomic E-state index is 13.0. The van der Waals surface area contributed by atoms with Gasteiger partial charge in [-0.3, -0.25) is 9.69 Å². The molecule has 0 saturated carbocycles. The van der Waals surface area contributed by atoms with E-state index >= 15 is 0 Å². The van der Waals surface area contributed by atoms with Crippen molar-refractivity contribution in [2.45, 2.75) is 27.3 Å². The number of carbonyl (C=O) groups is 2. The summed E-state index contributed by atoms with van der Waals surface area (Å²) in [6, 6.07) is 5.19. The second-order valence-corrected chi connectivity index (χ2v) is 7.75. The average Bonchev–Trinajstić information content (AvgIpc) is 3.29. The van der Waals surface area contributed by atoms with Gasteiger partial charge in [-0.2, -0.15) is 0 Å². The van der Waals surface area contributed by atoms with Crippen LogP contribution in [0.15, 0.2) is 28.4 Å². The molecule has 1 fully saturated rings. The minimum Gasteiger partial charge on any atom is -0.507 e. The molecule has 8 nitrogen and oxygen atoms in total. The molecule has 0 aliphatic carbocycles. The van der Waals surface area contributed by atoms with Crippen LogP contribution in [0.2, 0.25) is 0 Å². The van der Waals surface area contributed by atoms with E-state index in [1.807, 2.05) is 13.0 Å². The van der Waals surface area contributed by atoms with E-state index in [0.29, 0.717) is 67.5 Å². The standard InChI is InChI=1S/C23H26N2O6/c1-4-29-23(28)25-9-7-24(8-10-25)13-17-18(26)11-14(2)20-21(27)19(31-22(17)20)12-16-6-5-15(3)30-16/h5-6,11-12,26H,4,7-10,13H2,1-3H3/b19-12+. The topological polar surface area (TPSA) is 92.5 Å². The largest absolute Gasteiger partial charge is 0.507 e. The summed E-state index contributed by atoms with van der Waals surface area (Å²) in [6.45, 7) is 8.48. The van der Waals surface area contributed by atoms with Crippen LogP contribution in [-0.2, 0) is 11.3 Å². The van der Waals surface area contributed by atoms with Crippen molar-refractivity contribution in [3.63, 3.8) is 0 Å². The summed E-state index contributed by atoms with van der Waals surface area (Å²) >= 11 is 0. The van der Waals surface area contributed by atoms with Crippen molar-refractivity contribution in [1.82, 2.24) is 9.80 Å². The third-order valence-corrected chi connectivity index (χ3v) is 5.54. The molecular weight excluding hydrogens is 400 g/mol. The number of aryl methyl sites for hydroxylation is 2. The Morgan fingerprint density at radius 3 is 2.61 bits per heavy atom. The Balaban J connectivity index is 1.55. The normalized spacial score (nSPS) is 17.7. The van der Waals surface area contributed by atoms with Gasteiger partial charge in [-0.25, -0.2) is 4.79 Å². The summed E-state index contributed by atoms with van der Waals surface area (Å²) in [5.74, 6) is 1.71. The number of allylic oxidation sites excluding steroid dienone is 1. The fourth-order valence-corrected chi connectivity index (χ4v) is 3.92. The zero-order chi connectivity index (χ0) is 22.1. The van der Waals surface area contributed by atoms with E-state index in [4.69, 9.17) is 13.9 Å². The van der Waals surface area contributed by atoms with Gasteiger partial charge in [-0.1, -0.05) is 0 Å². The zero-order valence-electron chi connectivity index (χ0n) is 17.9. The number of hydrogen-bond acceptors (Lipinski definition) is 7. The molecule has 3 heterocycles. The lowest BCUT2D eigenvalue weighted by Crippen LogP contribution is -2.48. The van der Waals surface area contributed by atoms with E-state index in [0.717, 1.165) is 5.76 Å². The first kappa shape index (κ1) is 21.0. The zero-order valence-corrected chi connectivity index (χ0v) is 17.9. The molecule has 1 aromatic heterocycles. The van der Waals surface area contributed by atoms with Gasteiger partial charge in [-0.05, 0) is 44.5 Å². The molecule has 2 aromatic rings. The van der Waals surface area contributed by atoms with Crippen molar-refractivity contribution < 1.29 is 28.6 Å². The van der Waals surface area contributed by atoms with Crippen LogP contribution in [0.25, 0.3) is 6.08 Å². The fourth-order valence-electron chi connectivity index (χ4n) is 3.92. The van der Waals surface area contributed by atoms with Crippen LogP contribution in [0.4, 0.5) is 4.79 Å². The number of aromatic hydroxyl groups is 1. The summed E-state index contributed by atoms with van der Waals surface area (Å²) in [6.07, 6.45) is 1.27. The SMILES string of the molecule is CCOC(=O)N1CCN(Cc2c(O)cc(C)c3c2O/C(=C/c2ccc(C)o2)C3=O)CC1. The molecule has 0 radical (unpaired) electrons. The third kappa shape index (κ3) is 4.16. The van der Waals surface area contributed by atoms with Crippen LogP contribution in [0.1, 0.15) is 39.9 Å². The highest BCUT2D eigenvalue weighted by atomic mass is 16.6. The molecule has 4 rings (SSSR count). The Bertz CT molecular complexity index is 1050. The third-order valence-electron chi connectivity index (χ3n) is 5.54. The summed E-state index contributed by atoms with van der Waals surface area (Å²) in [4.78, 5) is 28.7. The number of benzene rings is 1. The highest BCUT2D eigenvalue weighted by Gasteiger charge is 2.34. The Morgan fingerprint density at radius 1 is 1.23 bits per heavy atom. The monoisotopic (exact) mass is 426 g/mol. The van der Waals surface area contributed by atoms with Crippen molar-refractivity contribution in [3.8, 4) is 11.5 Å². The van der Waals surface area contributed by atoms with Gasteiger partial charge in [0.05, 0.1) is 17.7 Å². The highest BCUT2D eigenvalue weighted by molar-refractivity contribution is 6.15. The number of amides is 1. The lowest BCUT2D eigenvalue weighted by molar-refractivity contribution is 0.0774. The van der Waals surface area contributed by atoms with Gasteiger partial charge in [0, 0.05) is 38.8 Å². The van der Waals surface area contributed by atoms with E-state index in [2.05, 4.69) is 4.90 Å².